The molecule has 0 fully saturated rings. The number of benzene rings is 2. The third-order valence-corrected chi connectivity index (χ3v) is 4.13. The van der Waals surface area contributed by atoms with E-state index in [1.54, 1.807) is 18.3 Å². The van der Waals surface area contributed by atoms with Crippen molar-refractivity contribution < 1.29 is 4.92 Å². The molecule has 0 amide bonds. The Morgan fingerprint density at radius 3 is 2.81 bits per heavy atom. The van der Waals surface area contributed by atoms with Crippen molar-refractivity contribution in [3.05, 3.63) is 65.0 Å². The summed E-state index contributed by atoms with van der Waals surface area (Å²) in [4.78, 5) is 16.3. The Morgan fingerprint density at radius 2 is 2.05 bits per heavy atom. The van der Waals surface area contributed by atoms with Crippen molar-refractivity contribution in [2.75, 3.05) is 5.73 Å². The molecule has 0 spiro atoms. The number of nitro benzene ring substituents is 1. The number of nitro groups is 1. The van der Waals surface area contributed by atoms with Gasteiger partial charge in [0, 0.05) is 33.6 Å². The number of aromatic nitrogens is 1. The molecule has 1 aromatic heterocycles. The van der Waals surface area contributed by atoms with Crippen molar-refractivity contribution in [2.24, 2.45) is 0 Å². The first-order valence-corrected chi connectivity index (χ1v) is 7.01. The van der Waals surface area contributed by atoms with Crippen LogP contribution < -0.4 is 5.73 Å². The topological polar surface area (TPSA) is 82.0 Å². The summed E-state index contributed by atoms with van der Waals surface area (Å²) in [7, 11) is 0. The normalized spacial score (nSPS) is 10.7. The van der Waals surface area contributed by atoms with Crippen LogP contribution in [0.15, 0.2) is 64.6 Å². The summed E-state index contributed by atoms with van der Waals surface area (Å²) in [5, 5.41) is 12.9. The summed E-state index contributed by atoms with van der Waals surface area (Å²) in [6, 6.07) is 12.7. The second kappa shape index (κ2) is 5.41. The van der Waals surface area contributed by atoms with Crippen LogP contribution in [0.25, 0.3) is 10.8 Å². The number of nitrogens with zero attached hydrogens (tertiary/aromatic N) is 2. The van der Waals surface area contributed by atoms with E-state index in [1.165, 1.54) is 17.8 Å². The predicted octanol–water partition coefficient (Wildman–Crippen LogP) is 3.88. The van der Waals surface area contributed by atoms with Crippen molar-refractivity contribution in [1.82, 2.24) is 4.98 Å². The summed E-state index contributed by atoms with van der Waals surface area (Å²) in [5.74, 6) is 0. The SMILES string of the molecule is Nc1cc(Sc2cccc3cnccc23)ccc1[N+](=O)[O-]. The highest BCUT2D eigenvalue weighted by Gasteiger charge is 2.12. The second-order valence-electron chi connectivity index (χ2n) is 4.43. The molecule has 104 valence electrons. The molecule has 0 aliphatic heterocycles. The van der Waals surface area contributed by atoms with Gasteiger partial charge in [-0.2, -0.15) is 0 Å². The van der Waals surface area contributed by atoms with Gasteiger partial charge >= 0.3 is 0 Å². The van der Waals surface area contributed by atoms with E-state index >= 15 is 0 Å². The minimum Gasteiger partial charge on any atom is -0.393 e. The van der Waals surface area contributed by atoms with Crippen molar-refractivity contribution in [3.63, 3.8) is 0 Å². The first-order valence-electron chi connectivity index (χ1n) is 6.19. The third kappa shape index (κ3) is 2.66. The van der Waals surface area contributed by atoms with Gasteiger partial charge in [-0.15, -0.1) is 0 Å². The summed E-state index contributed by atoms with van der Waals surface area (Å²) in [6.07, 6.45) is 3.56. The molecule has 1 heterocycles. The Kier molecular flexibility index (Phi) is 3.45. The lowest BCUT2D eigenvalue weighted by Gasteiger charge is -2.06. The van der Waals surface area contributed by atoms with Crippen LogP contribution >= 0.6 is 11.8 Å². The Labute approximate surface area is 125 Å². The number of pyridine rings is 1. The van der Waals surface area contributed by atoms with Gasteiger partial charge in [-0.25, -0.2) is 0 Å². The molecule has 0 aliphatic rings. The van der Waals surface area contributed by atoms with Crippen molar-refractivity contribution in [2.45, 2.75) is 9.79 Å². The highest BCUT2D eigenvalue weighted by atomic mass is 32.2. The number of rotatable bonds is 3. The molecule has 0 saturated heterocycles. The number of anilines is 1. The Bertz CT molecular complexity index is 831. The van der Waals surface area contributed by atoms with Gasteiger partial charge in [0.1, 0.15) is 5.69 Å². The van der Waals surface area contributed by atoms with Crippen LogP contribution in [0.5, 0.6) is 0 Å². The molecule has 0 bridgehead atoms. The smallest absolute Gasteiger partial charge is 0.292 e. The van der Waals surface area contributed by atoms with Gasteiger partial charge in [-0.3, -0.25) is 15.1 Å². The van der Waals surface area contributed by atoms with Gasteiger partial charge in [0.2, 0.25) is 0 Å². The highest BCUT2D eigenvalue weighted by Crippen LogP contribution is 2.35. The maximum Gasteiger partial charge on any atom is 0.292 e. The van der Waals surface area contributed by atoms with E-state index in [2.05, 4.69) is 4.98 Å². The number of fused-ring (bicyclic) bond motifs is 1. The van der Waals surface area contributed by atoms with Crippen LogP contribution in [0.4, 0.5) is 11.4 Å². The van der Waals surface area contributed by atoms with Crippen molar-refractivity contribution in [3.8, 4) is 0 Å². The van der Waals surface area contributed by atoms with Crippen LogP contribution in [0, 0.1) is 10.1 Å². The van der Waals surface area contributed by atoms with Crippen LogP contribution in [0.2, 0.25) is 0 Å². The summed E-state index contributed by atoms with van der Waals surface area (Å²) >= 11 is 1.52. The monoisotopic (exact) mass is 297 g/mol. The molecule has 0 saturated carbocycles. The maximum absolute atomic E-state index is 10.8. The highest BCUT2D eigenvalue weighted by molar-refractivity contribution is 7.99. The Balaban J connectivity index is 1.99. The van der Waals surface area contributed by atoms with Gasteiger partial charge in [-0.1, -0.05) is 23.9 Å². The molecule has 5 nitrogen and oxygen atoms in total. The fraction of sp³-hybridized carbons (Fsp3) is 0. The fourth-order valence-corrected chi connectivity index (χ4v) is 3.09. The summed E-state index contributed by atoms with van der Waals surface area (Å²) in [6.45, 7) is 0. The van der Waals surface area contributed by atoms with E-state index in [9.17, 15) is 10.1 Å². The fourth-order valence-electron chi connectivity index (χ4n) is 2.07. The van der Waals surface area contributed by atoms with Crippen molar-refractivity contribution >= 4 is 33.9 Å². The average Bonchev–Trinajstić information content (AvgIpc) is 2.47. The minimum atomic E-state index is -0.479. The minimum absolute atomic E-state index is 0.0681. The molecule has 2 aromatic carbocycles. The predicted molar refractivity (Wildman–Crippen MR) is 83.4 cm³/mol. The number of hydrogen-bond acceptors (Lipinski definition) is 5. The number of nitrogens with two attached hydrogens (primary N) is 1. The molecule has 2 N–H and O–H groups in total. The number of nitrogen functional groups attached to an aromatic ring is 1. The molecule has 3 rings (SSSR count). The van der Waals surface area contributed by atoms with Crippen LogP contribution in [0.3, 0.4) is 0 Å². The Hall–Kier alpha value is -2.60. The van der Waals surface area contributed by atoms with Crippen LogP contribution in [0.1, 0.15) is 0 Å². The molecule has 0 atom stereocenters. The summed E-state index contributed by atoms with van der Waals surface area (Å²) in [5.41, 5.74) is 5.83. The zero-order chi connectivity index (χ0) is 14.8. The van der Waals surface area contributed by atoms with Crippen LogP contribution in [-0.4, -0.2) is 9.91 Å². The zero-order valence-corrected chi connectivity index (χ0v) is 11.7. The van der Waals surface area contributed by atoms with Gasteiger partial charge in [-0.05, 0) is 29.7 Å². The standard InChI is InChI=1S/C15H11N3O2S/c16-13-8-11(4-5-14(13)18(19)20)21-15-3-1-2-10-9-17-7-6-12(10)15/h1-9H,16H2. The van der Waals surface area contributed by atoms with E-state index in [1.807, 2.05) is 30.5 Å². The lowest BCUT2D eigenvalue weighted by molar-refractivity contribution is -0.383. The average molecular weight is 297 g/mol. The van der Waals surface area contributed by atoms with Crippen molar-refractivity contribution in [1.29, 1.82) is 0 Å². The lowest BCUT2D eigenvalue weighted by Crippen LogP contribution is -1.95. The van der Waals surface area contributed by atoms with Gasteiger partial charge in [0.25, 0.3) is 5.69 Å². The molecular formula is C15H11N3O2S. The molecule has 0 radical (unpaired) electrons. The van der Waals surface area contributed by atoms with Gasteiger partial charge in [0.05, 0.1) is 4.92 Å². The van der Waals surface area contributed by atoms with E-state index < -0.39 is 4.92 Å². The largest absolute Gasteiger partial charge is 0.393 e. The lowest BCUT2D eigenvalue weighted by atomic mass is 10.2. The molecule has 6 heteroatoms. The summed E-state index contributed by atoms with van der Waals surface area (Å²) < 4.78 is 0. The molecule has 0 aliphatic carbocycles. The molecule has 21 heavy (non-hydrogen) atoms. The zero-order valence-electron chi connectivity index (χ0n) is 10.9. The van der Waals surface area contributed by atoms with Crippen LogP contribution in [-0.2, 0) is 0 Å². The quantitative estimate of drug-likeness (QED) is 0.450. The first kappa shape index (κ1) is 13.4. The first-order chi connectivity index (χ1) is 10.1. The van der Waals surface area contributed by atoms with Gasteiger partial charge < -0.3 is 5.73 Å². The second-order valence-corrected chi connectivity index (χ2v) is 5.55. The van der Waals surface area contributed by atoms with E-state index in [4.69, 9.17) is 5.73 Å². The molecular weight excluding hydrogens is 286 g/mol. The van der Waals surface area contributed by atoms with Gasteiger partial charge in [0.15, 0.2) is 0 Å². The van der Waals surface area contributed by atoms with E-state index in [-0.39, 0.29) is 11.4 Å². The van der Waals surface area contributed by atoms with E-state index in [0.717, 1.165) is 20.6 Å². The maximum atomic E-state index is 10.8. The third-order valence-electron chi connectivity index (χ3n) is 3.06. The molecule has 3 aromatic rings. The Morgan fingerprint density at radius 1 is 1.19 bits per heavy atom. The van der Waals surface area contributed by atoms with E-state index in [0.29, 0.717) is 0 Å². The molecule has 0 unspecified atom stereocenters. The number of hydrogen-bond donors (Lipinski definition) is 1.